The van der Waals surface area contributed by atoms with Crippen LogP contribution < -0.4 is 0 Å². The largest absolute Gasteiger partial charge is 0.378 e. The smallest absolute Gasteiger partial charge is 0.144 e. The first-order valence-corrected chi connectivity index (χ1v) is 6.89. The zero-order valence-corrected chi connectivity index (χ0v) is 11.8. The van der Waals surface area contributed by atoms with Crippen LogP contribution in [-0.2, 0) is 11.3 Å². The van der Waals surface area contributed by atoms with Gasteiger partial charge < -0.3 is 4.74 Å². The third-order valence-corrected chi connectivity index (χ3v) is 3.36. The molecule has 0 aromatic carbocycles. The molecule has 0 radical (unpaired) electrons. The van der Waals surface area contributed by atoms with Crippen LogP contribution in [0.4, 0.5) is 0 Å². The first-order valence-electron chi connectivity index (χ1n) is 6.51. The Morgan fingerprint density at radius 3 is 2.72 bits per heavy atom. The highest BCUT2D eigenvalue weighted by molar-refractivity contribution is 6.29. The maximum Gasteiger partial charge on any atom is 0.144 e. The van der Waals surface area contributed by atoms with Crippen molar-refractivity contribution in [2.45, 2.75) is 39.3 Å². The van der Waals surface area contributed by atoms with E-state index in [1.165, 1.54) is 0 Å². The number of piperidine rings is 1. The van der Waals surface area contributed by atoms with Gasteiger partial charge in [-0.05, 0) is 32.8 Å². The summed E-state index contributed by atoms with van der Waals surface area (Å²) in [7, 11) is 0. The molecule has 0 bridgehead atoms. The number of aromatic nitrogens is 2. The van der Waals surface area contributed by atoms with Crippen LogP contribution >= 0.6 is 11.6 Å². The Bertz CT molecular complexity index is 372. The van der Waals surface area contributed by atoms with E-state index in [0.717, 1.165) is 50.6 Å². The summed E-state index contributed by atoms with van der Waals surface area (Å²) in [4.78, 5) is 11.0. The van der Waals surface area contributed by atoms with E-state index in [4.69, 9.17) is 16.3 Å². The van der Waals surface area contributed by atoms with Crippen LogP contribution in [0.3, 0.4) is 0 Å². The Kier molecular flexibility index (Phi) is 4.92. The molecule has 0 spiro atoms. The Labute approximate surface area is 113 Å². The second-order valence-electron chi connectivity index (χ2n) is 4.68. The second-order valence-corrected chi connectivity index (χ2v) is 5.07. The van der Waals surface area contributed by atoms with Gasteiger partial charge in [0.2, 0.25) is 0 Å². The molecule has 0 N–H and O–H groups in total. The molecule has 1 aromatic heterocycles. The van der Waals surface area contributed by atoms with Crippen LogP contribution in [0.2, 0.25) is 5.15 Å². The summed E-state index contributed by atoms with van der Waals surface area (Å²) < 4.78 is 5.64. The van der Waals surface area contributed by atoms with Gasteiger partial charge in [-0.2, -0.15) is 0 Å². The van der Waals surface area contributed by atoms with Crippen LogP contribution in [-0.4, -0.2) is 40.7 Å². The van der Waals surface area contributed by atoms with Crippen molar-refractivity contribution in [3.63, 3.8) is 0 Å². The lowest BCUT2D eigenvalue weighted by molar-refractivity contribution is 0.0120. The first-order chi connectivity index (χ1) is 8.67. The van der Waals surface area contributed by atoms with Crippen molar-refractivity contribution in [2.75, 3.05) is 19.7 Å². The normalized spacial score (nSPS) is 18.2. The molecule has 18 heavy (non-hydrogen) atoms. The van der Waals surface area contributed by atoms with Gasteiger partial charge in [-0.15, -0.1) is 0 Å². The molecule has 1 aliphatic heterocycles. The molecule has 0 aliphatic carbocycles. The molecule has 2 rings (SSSR count). The minimum atomic E-state index is 0.424. The minimum Gasteiger partial charge on any atom is -0.378 e. The van der Waals surface area contributed by atoms with Crippen LogP contribution in [0.5, 0.6) is 0 Å². The first kappa shape index (κ1) is 13.7. The fourth-order valence-electron chi connectivity index (χ4n) is 2.33. The van der Waals surface area contributed by atoms with Crippen LogP contribution in [0.15, 0.2) is 6.07 Å². The van der Waals surface area contributed by atoms with Gasteiger partial charge in [-0.3, -0.25) is 4.90 Å². The lowest BCUT2D eigenvalue weighted by Gasteiger charge is -2.31. The summed E-state index contributed by atoms with van der Waals surface area (Å²) in [6.45, 7) is 7.66. The molecular weight excluding hydrogens is 250 g/mol. The zero-order valence-electron chi connectivity index (χ0n) is 11.0. The van der Waals surface area contributed by atoms with Crippen LogP contribution in [0.25, 0.3) is 0 Å². The van der Waals surface area contributed by atoms with Crippen molar-refractivity contribution in [3.05, 3.63) is 22.7 Å². The molecule has 1 fully saturated rings. The third-order valence-electron chi connectivity index (χ3n) is 3.17. The molecule has 1 aromatic rings. The molecule has 0 amide bonds. The van der Waals surface area contributed by atoms with Gasteiger partial charge in [-0.1, -0.05) is 11.6 Å². The maximum absolute atomic E-state index is 5.94. The number of ether oxygens (including phenoxy) is 1. The standard InChI is InChI=1S/C13H20ClN3O/c1-3-18-11-4-6-17(7-5-11)9-13-15-10(2)8-12(14)16-13/h8,11H,3-7,9H2,1-2H3. The SMILES string of the molecule is CCOC1CCN(Cc2nc(C)cc(Cl)n2)CC1. The summed E-state index contributed by atoms with van der Waals surface area (Å²) in [5, 5.41) is 0.529. The quantitative estimate of drug-likeness (QED) is 0.787. The van der Waals surface area contributed by atoms with E-state index >= 15 is 0 Å². The van der Waals surface area contributed by atoms with Crippen molar-refractivity contribution in [2.24, 2.45) is 0 Å². The van der Waals surface area contributed by atoms with Gasteiger partial charge in [0.1, 0.15) is 11.0 Å². The molecule has 2 heterocycles. The van der Waals surface area contributed by atoms with Crippen molar-refractivity contribution < 1.29 is 4.74 Å². The topological polar surface area (TPSA) is 38.2 Å². The predicted molar refractivity (Wildman–Crippen MR) is 71.7 cm³/mol. The lowest BCUT2D eigenvalue weighted by Crippen LogP contribution is -2.37. The maximum atomic E-state index is 5.94. The molecule has 1 saturated heterocycles. The van der Waals surface area contributed by atoms with Crippen molar-refractivity contribution >= 4 is 11.6 Å². The van der Waals surface area contributed by atoms with Crippen LogP contribution in [0.1, 0.15) is 31.3 Å². The van der Waals surface area contributed by atoms with Crippen molar-refractivity contribution in [3.8, 4) is 0 Å². The highest BCUT2D eigenvalue weighted by atomic mass is 35.5. The predicted octanol–water partition coefficient (Wildman–Crippen LogP) is 2.44. The number of hydrogen-bond acceptors (Lipinski definition) is 4. The Morgan fingerprint density at radius 2 is 2.11 bits per heavy atom. The molecule has 4 nitrogen and oxygen atoms in total. The highest BCUT2D eigenvalue weighted by Crippen LogP contribution is 2.16. The van der Waals surface area contributed by atoms with E-state index < -0.39 is 0 Å². The molecular formula is C13H20ClN3O. The van der Waals surface area contributed by atoms with E-state index in [-0.39, 0.29) is 0 Å². The summed E-state index contributed by atoms with van der Waals surface area (Å²) in [5.41, 5.74) is 0.925. The van der Waals surface area contributed by atoms with Gasteiger partial charge in [0.15, 0.2) is 0 Å². The van der Waals surface area contributed by atoms with E-state index in [1.807, 2.05) is 6.92 Å². The van der Waals surface area contributed by atoms with Gasteiger partial charge in [0.05, 0.1) is 12.6 Å². The summed E-state index contributed by atoms with van der Waals surface area (Å²) in [6, 6.07) is 1.78. The Balaban J connectivity index is 1.87. The highest BCUT2D eigenvalue weighted by Gasteiger charge is 2.20. The Hall–Kier alpha value is -0.710. The fraction of sp³-hybridized carbons (Fsp3) is 0.692. The average Bonchev–Trinajstić information content (AvgIpc) is 2.31. The molecule has 0 saturated carbocycles. The van der Waals surface area contributed by atoms with E-state index in [2.05, 4.69) is 21.8 Å². The van der Waals surface area contributed by atoms with Gasteiger partial charge in [0, 0.05) is 25.4 Å². The number of hydrogen-bond donors (Lipinski definition) is 0. The van der Waals surface area contributed by atoms with Crippen LogP contribution in [0, 0.1) is 6.92 Å². The monoisotopic (exact) mass is 269 g/mol. The van der Waals surface area contributed by atoms with E-state index in [1.54, 1.807) is 6.07 Å². The average molecular weight is 270 g/mol. The molecule has 5 heteroatoms. The second kappa shape index (κ2) is 6.45. The van der Waals surface area contributed by atoms with Gasteiger partial charge in [0.25, 0.3) is 0 Å². The molecule has 0 unspecified atom stereocenters. The lowest BCUT2D eigenvalue weighted by atomic mass is 10.1. The minimum absolute atomic E-state index is 0.424. The van der Waals surface area contributed by atoms with E-state index in [0.29, 0.717) is 11.3 Å². The number of rotatable bonds is 4. The summed E-state index contributed by atoms with van der Waals surface area (Å²) >= 11 is 5.94. The third kappa shape index (κ3) is 3.90. The zero-order chi connectivity index (χ0) is 13.0. The molecule has 1 aliphatic rings. The van der Waals surface area contributed by atoms with E-state index in [9.17, 15) is 0 Å². The summed E-state index contributed by atoms with van der Waals surface area (Å²) in [5.74, 6) is 0.815. The van der Waals surface area contributed by atoms with Crippen molar-refractivity contribution in [1.29, 1.82) is 0 Å². The van der Waals surface area contributed by atoms with Crippen molar-refractivity contribution in [1.82, 2.24) is 14.9 Å². The molecule has 0 atom stereocenters. The number of halogens is 1. The Morgan fingerprint density at radius 1 is 1.39 bits per heavy atom. The number of aryl methyl sites for hydroxylation is 1. The summed E-state index contributed by atoms with van der Waals surface area (Å²) in [6.07, 6.45) is 2.61. The fourth-order valence-corrected chi connectivity index (χ4v) is 2.58. The number of likely N-dealkylation sites (tertiary alicyclic amines) is 1. The molecule has 100 valence electrons. The van der Waals surface area contributed by atoms with Gasteiger partial charge >= 0.3 is 0 Å². The van der Waals surface area contributed by atoms with Gasteiger partial charge in [-0.25, -0.2) is 9.97 Å². The number of nitrogens with zero attached hydrogens (tertiary/aromatic N) is 3.